The molecule has 1 saturated heterocycles. The maximum atomic E-state index is 14.2. The molecule has 2 nitrogen and oxygen atoms in total. The Kier molecular flexibility index (Phi) is 5.17. The Morgan fingerprint density at radius 2 is 2.20 bits per heavy atom. The molecule has 1 fully saturated rings. The summed E-state index contributed by atoms with van der Waals surface area (Å²) in [5.74, 6) is 5.45. The van der Waals surface area contributed by atoms with Crippen LogP contribution in [-0.2, 0) is 6.54 Å². The van der Waals surface area contributed by atoms with Gasteiger partial charge in [0.25, 0.3) is 0 Å². The van der Waals surface area contributed by atoms with Gasteiger partial charge in [-0.15, -0.1) is 0 Å². The van der Waals surface area contributed by atoms with E-state index < -0.39 is 0 Å². The molecule has 1 heterocycles. The third kappa shape index (κ3) is 3.39. The van der Waals surface area contributed by atoms with E-state index >= 15 is 0 Å². The highest BCUT2D eigenvalue weighted by molar-refractivity contribution is 5.37. The summed E-state index contributed by atoms with van der Waals surface area (Å²) >= 11 is 0. The fourth-order valence-electron chi connectivity index (χ4n) is 2.95. The van der Waals surface area contributed by atoms with E-state index in [1.54, 1.807) is 0 Å². The number of halogens is 1. The molecule has 0 saturated carbocycles. The number of hydrogen-bond donors (Lipinski definition) is 1. The second kappa shape index (κ2) is 6.88. The van der Waals surface area contributed by atoms with E-state index in [1.165, 1.54) is 18.9 Å². The van der Waals surface area contributed by atoms with Crippen LogP contribution < -0.4 is 5.73 Å². The fourth-order valence-corrected chi connectivity index (χ4v) is 2.95. The van der Waals surface area contributed by atoms with Gasteiger partial charge in [-0.25, -0.2) is 4.39 Å². The molecule has 2 unspecified atom stereocenters. The first-order valence-electron chi connectivity index (χ1n) is 7.38. The van der Waals surface area contributed by atoms with Crippen LogP contribution >= 0.6 is 0 Å². The molecule has 0 spiro atoms. The van der Waals surface area contributed by atoms with Gasteiger partial charge in [-0.3, -0.25) is 4.90 Å². The first-order valence-corrected chi connectivity index (χ1v) is 7.38. The summed E-state index contributed by atoms with van der Waals surface area (Å²) in [6, 6.07) is 6.37. The number of nitrogens with zero attached hydrogens (tertiary/aromatic N) is 1. The second-order valence-electron chi connectivity index (χ2n) is 5.47. The average molecular weight is 274 g/mol. The van der Waals surface area contributed by atoms with Gasteiger partial charge >= 0.3 is 0 Å². The van der Waals surface area contributed by atoms with Crippen LogP contribution in [0.4, 0.5) is 4.39 Å². The van der Waals surface area contributed by atoms with Gasteiger partial charge in [0.05, 0.1) is 6.54 Å². The van der Waals surface area contributed by atoms with Crippen LogP contribution in [0.2, 0.25) is 0 Å². The first-order chi connectivity index (χ1) is 9.65. The Labute approximate surface area is 121 Å². The summed E-state index contributed by atoms with van der Waals surface area (Å²) < 4.78 is 14.2. The van der Waals surface area contributed by atoms with Crippen LogP contribution in [0.25, 0.3) is 0 Å². The van der Waals surface area contributed by atoms with Gasteiger partial charge in [0.2, 0.25) is 0 Å². The van der Waals surface area contributed by atoms with Crippen LogP contribution in [0.3, 0.4) is 0 Å². The maximum Gasteiger partial charge on any atom is 0.128 e. The SMILES string of the molecule is CCC1CCC(C)N1Cc1ccc(C#CCN)cc1F. The molecule has 108 valence electrons. The van der Waals surface area contributed by atoms with Crippen molar-refractivity contribution in [2.24, 2.45) is 5.73 Å². The third-order valence-corrected chi connectivity index (χ3v) is 4.16. The lowest BCUT2D eigenvalue weighted by atomic mass is 10.1. The molecule has 2 rings (SSSR count). The highest BCUT2D eigenvalue weighted by Crippen LogP contribution is 2.28. The Balaban J connectivity index is 2.13. The normalized spacial score (nSPS) is 22.6. The number of hydrogen-bond acceptors (Lipinski definition) is 2. The molecule has 0 aromatic heterocycles. The standard InChI is InChI=1S/C17H23FN2/c1-3-16-9-6-13(2)20(16)12-15-8-7-14(5-4-10-19)11-17(15)18/h7-8,11,13,16H,3,6,9-10,12,19H2,1-2H3. The van der Waals surface area contributed by atoms with Gasteiger partial charge in [-0.2, -0.15) is 0 Å². The highest BCUT2D eigenvalue weighted by atomic mass is 19.1. The molecule has 2 N–H and O–H groups in total. The van der Waals surface area contributed by atoms with E-state index in [0.717, 1.165) is 12.0 Å². The Hall–Kier alpha value is -1.37. The highest BCUT2D eigenvalue weighted by Gasteiger charge is 2.29. The van der Waals surface area contributed by atoms with Crippen molar-refractivity contribution in [2.75, 3.05) is 6.54 Å². The van der Waals surface area contributed by atoms with E-state index in [-0.39, 0.29) is 5.82 Å². The lowest BCUT2D eigenvalue weighted by Crippen LogP contribution is -2.33. The molecule has 2 atom stereocenters. The van der Waals surface area contributed by atoms with Gasteiger partial charge < -0.3 is 5.73 Å². The van der Waals surface area contributed by atoms with E-state index in [9.17, 15) is 4.39 Å². The summed E-state index contributed by atoms with van der Waals surface area (Å²) in [6.45, 7) is 5.43. The lowest BCUT2D eigenvalue weighted by molar-refractivity contribution is 0.187. The quantitative estimate of drug-likeness (QED) is 0.859. The topological polar surface area (TPSA) is 29.3 Å². The van der Waals surface area contributed by atoms with Crippen LogP contribution in [-0.4, -0.2) is 23.5 Å². The van der Waals surface area contributed by atoms with Crippen LogP contribution in [0.5, 0.6) is 0 Å². The zero-order chi connectivity index (χ0) is 14.5. The molecular weight excluding hydrogens is 251 g/mol. The molecule has 20 heavy (non-hydrogen) atoms. The minimum absolute atomic E-state index is 0.164. The van der Waals surface area contributed by atoms with Crippen molar-refractivity contribution in [3.63, 3.8) is 0 Å². The van der Waals surface area contributed by atoms with Crippen molar-refractivity contribution in [3.8, 4) is 11.8 Å². The van der Waals surface area contributed by atoms with Gasteiger partial charge in [0.15, 0.2) is 0 Å². The maximum absolute atomic E-state index is 14.2. The van der Waals surface area contributed by atoms with E-state index in [1.807, 2.05) is 12.1 Å². The van der Waals surface area contributed by atoms with Crippen LogP contribution in [0.1, 0.15) is 44.2 Å². The summed E-state index contributed by atoms with van der Waals surface area (Å²) in [4.78, 5) is 2.42. The van der Waals surface area contributed by atoms with Crippen LogP contribution in [0.15, 0.2) is 18.2 Å². The molecule has 0 amide bonds. The van der Waals surface area contributed by atoms with E-state index in [2.05, 4.69) is 30.6 Å². The van der Waals surface area contributed by atoms with E-state index in [4.69, 9.17) is 5.73 Å². The molecule has 1 aromatic carbocycles. The molecular formula is C17H23FN2. The van der Waals surface area contributed by atoms with Crippen molar-refractivity contribution in [2.45, 2.75) is 51.7 Å². The van der Waals surface area contributed by atoms with E-state index in [0.29, 0.717) is 30.7 Å². The summed E-state index contributed by atoms with van der Waals surface area (Å²) in [7, 11) is 0. The molecule has 1 aliphatic heterocycles. The lowest BCUT2D eigenvalue weighted by Gasteiger charge is -2.27. The second-order valence-corrected chi connectivity index (χ2v) is 5.47. The molecule has 0 radical (unpaired) electrons. The molecule has 0 aliphatic carbocycles. The molecule has 1 aromatic rings. The zero-order valence-electron chi connectivity index (χ0n) is 12.3. The third-order valence-electron chi connectivity index (χ3n) is 4.16. The van der Waals surface area contributed by atoms with Crippen molar-refractivity contribution in [1.82, 2.24) is 4.90 Å². The average Bonchev–Trinajstić information content (AvgIpc) is 2.80. The number of nitrogens with two attached hydrogens (primary N) is 1. The summed E-state index contributed by atoms with van der Waals surface area (Å²) in [5.41, 5.74) is 6.78. The van der Waals surface area contributed by atoms with Crippen molar-refractivity contribution in [3.05, 3.63) is 35.1 Å². The van der Waals surface area contributed by atoms with Gasteiger partial charge in [-0.05, 0) is 38.3 Å². The number of rotatable bonds is 3. The molecule has 0 bridgehead atoms. The van der Waals surface area contributed by atoms with Gasteiger partial charge in [-0.1, -0.05) is 24.8 Å². The first kappa shape index (κ1) is 15.0. The predicted octanol–water partition coefficient (Wildman–Crippen LogP) is 2.90. The molecule has 1 aliphatic rings. The predicted molar refractivity (Wildman–Crippen MR) is 80.7 cm³/mol. The minimum atomic E-state index is -0.164. The van der Waals surface area contributed by atoms with Crippen molar-refractivity contribution >= 4 is 0 Å². The molecule has 3 heteroatoms. The Morgan fingerprint density at radius 3 is 2.85 bits per heavy atom. The monoisotopic (exact) mass is 274 g/mol. The Bertz CT molecular complexity index is 515. The fraction of sp³-hybridized carbons (Fsp3) is 0.529. The Morgan fingerprint density at radius 1 is 1.40 bits per heavy atom. The number of benzene rings is 1. The van der Waals surface area contributed by atoms with Crippen LogP contribution in [0, 0.1) is 17.7 Å². The van der Waals surface area contributed by atoms with Gasteiger partial charge in [0, 0.05) is 29.8 Å². The summed E-state index contributed by atoms with van der Waals surface area (Å²) in [5, 5.41) is 0. The van der Waals surface area contributed by atoms with Gasteiger partial charge in [0.1, 0.15) is 5.82 Å². The van der Waals surface area contributed by atoms with Crippen molar-refractivity contribution < 1.29 is 4.39 Å². The largest absolute Gasteiger partial charge is 0.320 e. The smallest absolute Gasteiger partial charge is 0.128 e. The minimum Gasteiger partial charge on any atom is -0.320 e. The van der Waals surface area contributed by atoms with Crippen molar-refractivity contribution in [1.29, 1.82) is 0 Å². The number of likely N-dealkylation sites (tertiary alicyclic amines) is 1. The summed E-state index contributed by atoms with van der Waals surface area (Å²) in [6.07, 6.45) is 3.56. The zero-order valence-corrected chi connectivity index (χ0v) is 12.3.